The molecule has 2 amide bonds. The summed E-state index contributed by atoms with van der Waals surface area (Å²) >= 11 is 0. The summed E-state index contributed by atoms with van der Waals surface area (Å²) in [6.45, 7) is 5.50. The molecule has 5 heteroatoms. The summed E-state index contributed by atoms with van der Waals surface area (Å²) in [5.41, 5.74) is 2.05. The van der Waals surface area contributed by atoms with Gasteiger partial charge in [0, 0.05) is 19.5 Å². The third-order valence-corrected chi connectivity index (χ3v) is 2.99. The van der Waals surface area contributed by atoms with Gasteiger partial charge in [-0.25, -0.2) is 9.78 Å². The standard InChI is InChI=1S/C15H22N4O/c1-11(2)10-17-15(20)16-9-5-8-14-18-12-6-3-4-7-13(12)19-14/h3-4,6-7,11H,5,8-10H2,1-2H3,(H,18,19)(H2,16,17,20). The fraction of sp³-hybridized carbons (Fsp3) is 0.467. The molecule has 0 atom stereocenters. The smallest absolute Gasteiger partial charge is 0.314 e. The third-order valence-electron chi connectivity index (χ3n) is 2.99. The first kappa shape index (κ1) is 14.4. The second kappa shape index (κ2) is 6.93. The van der Waals surface area contributed by atoms with E-state index < -0.39 is 0 Å². The first-order chi connectivity index (χ1) is 9.65. The van der Waals surface area contributed by atoms with Crippen LogP contribution in [0.15, 0.2) is 24.3 Å². The zero-order valence-corrected chi connectivity index (χ0v) is 12.1. The molecule has 0 radical (unpaired) electrons. The Morgan fingerprint density at radius 2 is 2.10 bits per heavy atom. The third kappa shape index (κ3) is 4.26. The summed E-state index contributed by atoms with van der Waals surface area (Å²) < 4.78 is 0. The van der Waals surface area contributed by atoms with Gasteiger partial charge in [-0.05, 0) is 24.5 Å². The highest BCUT2D eigenvalue weighted by atomic mass is 16.2. The number of hydrogen-bond acceptors (Lipinski definition) is 2. The van der Waals surface area contributed by atoms with Crippen LogP contribution in [-0.4, -0.2) is 29.1 Å². The molecule has 0 unspecified atom stereocenters. The van der Waals surface area contributed by atoms with Crippen LogP contribution in [0.1, 0.15) is 26.1 Å². The zero-order valence-electron chi connectivity index (χ0n) is 12.1. The van der Waals surface area contributed by atoms with Crippen molar-refractivity contribution in [2.75, 3.05) is 13.1 Å². The van der Waals surface area contributed by atoms with Gasteiger partial charge in [0.15, 0.2) is 0 Å². The van der Waals surface area contributed by atoms with Gasteiger partial charge in [-0.3, -0.25) is 0 Å². The molecular weight excluding hydrogens is 252 g/mol. The van der Waals surface area contributed by atoms with Gasteiger partial charge in [0.1, 0.15) is 5.82 Å². The number of carbonyl (C=O) groups excluding carboxylic acids is 1. The van der Waals surface area contributed by atoms with E-state index in [0.717, 1.165) is 29.7 Å². The molecular formula is C15H22N4O. The number of benzene rings is 1. The zero-order chi connectivity index (χ0) is 14.4. The number of rotatable bonds is 6. The fourth-order valence-corrected chi connectivity index (χ4v) is 1.94. The van der Waals surface area contributed by atoms with Crippen molar-refractivity contribution in [3.05, 3.63) is 30.1 Å². The number of aromatic nitrogens is 2. The van der Waals surface area contributed by atoms with Crippen LogP contribution in [-0.2, 0) is 6.42 Å². The highest BCUT2D eigenvalue weighted by Crippen LogP contribution is 2.10. The van der Waals surface area contributed by atoms with E-state index in [2.05, 4.69) is 34.4 Å². The van der Waals surface area contributed by atoms with Crippen LogP contribution in [0.5, 0.6) is 0 Å². The fourth-order valence-electron chi connectivity index (χ4n) is 1.94. The minimum atomic E-state index is -0.0942. The Bertz CT molecular complexity index is 529. The first-order valence-corrected chi connectivity index (χ1v) is 7.10. The van der Waals surface area contributed by atoms with Crippen LogP contribution < -0.4 is 10.6 Å². The lowest BCUT2D eigenvalue weighted by atomic mass is 10.2. The molecule has 0 spiro atoms. The van der Waals surface area contributed by atoms with Gasteiger partial charge in [0.05, 0.1) is 11.0 Å². The van der Waals surface area contributed by atoms with Crippen molar-refractivity contribution >= 4 is 17.1 Å². The summed E-state index contributed by atoms with van der Waals surface area (Å²) in [4.78, 5) is 19.2. The van der Waals surface area contributed by atoms with E-state index >= 15 is 0 Å². The quantitative estimate of drug-likeness (QED) is 0.708. The van der Waals surface area contributed by atoms with Gasteiger partial charge in [-0.15, -0.1) is 0 Å². The lowest BCUT2D eigenvalue weighted by Crippen LogP contribution is -2.37. The average molecular weight is 274 g/mol. The molecule has 2 rings (SSSR count). The van der Waals surface area contributed by atoms with Crippen molar-refractivity contribution < 1.29 is 4.79 Å². The summed E-state index contributed by atoms with van der Waals surface area (Å²) in [6, 6.07) is 7.89. The van der Waals surface area contributed by atoms with Crippen molar-refractivity contribution in [1.82, 2.24) is 20.6 Å². The molecule has 1 heterocycles. The molecule has 108 valence electrons. The molecule has 0 fully saturated rings. The van der Waals surface area contributed by atoms with E-state index in [-0.39, 0.29) is 6.03 Å². The summed E-state index contributed by atoms with van der Waals surface area (Å²) in [5.74, 6) is 1.44. The first-order valence-electron chi connectivity index (χ1n) is 7.10. The molecule has 2 aromatic rings. The molecule has 5 nitrogen and oxygen atoms in total. The molecule has 1 aromatic carbocycles. The molecule has 0 bridgehead atoms. The normalized spacial score (nSPS) is 10.9. The Morgan fingerprint density at radius 3 is 2.85 bits per heavy atom. The second-order valence-electron chi connectivity index (χ2n) is 5.33. The van der Waals surface area contributed by atoms with Gasteiger partial charge in [0.2, 0.25) is 0 Å². The number of carbonyl (C=O) groups is 1. The molecule has 0 aliphatic heterocycles. The van der Waals surface area contributed by atoms with Crippen LogP contribution in [0, 0.1) is 5.92 Å². The number of nitrogens with zero attached hydrogens (tertiary/aromatic N) is 1. The Labute approximate surface area is 119 Å². The van der Waals surface area contributed by atoms with Crippen LogP contribution >= 0.6 is 0 Å². The number of amides is 2. The molecule has 0 aliphatic carbocycles. The topological polar surface area (TPSA) is 69.8 Å². The van der Waals surface area contributed by atoms with Gasteiger partial charge in [-0.1, -0.05) is 26.0 Å². The SMILES string of the molecule is CC(C)CNC(=O)NCCCc1nc2ccccc2[nH]1. The predicted molar refractivity (Wildman–Crippen MR) is 80.7 cm³/mol. The van der Waals surface area contributed by atoms with Gasteiger partial charge in [0.25, 0.3) is 0 Å². The minimum Gasteiger partial charge on any atom is -0.342 e. The molecule has 20 heavy (non-hydrogen) atoms. The van der Waals surface area contributed by atoms with Crippen molar-refractivity contribution in [1.29, 1.82) is 0 Å². The van der Waals surface area contributed by atoms with Crippen LogP contribution in [0.25, 0.3) is 11.0 Å². The number of aryl methyl sites for hydroxylation is 1. The summed E-state index contributed by atoms with van der Waals surface area (Å²) in [5, 5.41) is 5.68. The van der Waals surface area contributed by atoms with Crippen molar-refractivity contribution in [2.24, 2.45) is 5.92 Å². The number of H-pyrrole nitrogens is 1. The van der Waals surface area contributed by atoms with Gasteiger partial charge >= 0.3 is 6.03 Å². The van der Waals surface area contributed by atoms with Crippen LogP contribution in [0.2, 0.25) is 0 Å². The van der Waals surface area contributed by atoms with E-state index in [4.69, 9.17) is 0 Å². The van der Waals surface area contributed by atoms with E-state index in [0.29, 0.717) is 19.0 Å². The maximum atomic E-state index is 11.5. The monoisotopic (exact) mass is 274 g/mol. The minimum absolute atomic E-state index is 0.0942. The molecule has 3 N–H and O–H groups in total. The number of nitrogens with one attached hydrogen (secondary N) is 3. The Hall–Kier alpha value is -2.04. The largest absolute Gasteiger partial charge is 0.342 e. The average Bonchev–Trinajstić information content (AvgIpc) is 2.84. The van der Waals surface area contributed by atoms with Crippen molar-refractivity contribution in [3.63, 3.8) is 0 Å². The molecule has 0 aliphatic rings. The van der Waals surface area contributed by atoms with Gasteiger partial charge in [-0.2, -0.15) is 0 Å². The van der Waals surface area contributed by atoms with Crippen molar-refractivity contribution in [3.8, 4) is 0 Å². The maximum Gasteiger partial charge on any atom is 0.314 e. The van der Waals surface area contributed by atoms with Crippen LogP contribution in [0.3, 0.4) is 0 Å². The lowest BCUT2D eigenvalue weighted by molar-refractivity contribution is 0.239. The van der Waals surface area contributed by atoms with Crippen molar-refractivity contribution in [2.45, 2.75) is 26.7 Å². The Morgan fingerprint density at radius 1 is 1.30 bits per heavy atom. The highest BCUT2D eigenvalue weighted by Gasteiger charge is 2.03. The predicted octanol–water partition coefficient (Wildman–Crippen LogP) is 2.45. The Kier molecular flexibility index (Phi) is 4.98. The number of aromatic amines is 1. The molecule has 0 saturated carbocycles. The van der Waals surface area contributed by atoms with Gasteiger partial charge < -0.3 is 15.6 Å². The maximum absolute atomic E-state index is 11.5. The van der Waals surface area contributed by atoms with E-state index in [1.54, 1.807) is 0 Å². The summed E-state index contributed by atoms with van der Waals surface area (Å²) in [6.07, 6.45) is 1.70. The second-order valence-corrected chi connectivity index (χ2v) is 5.33. The van der Waals surface area contributed by atoms with Crippen LogP contribution in [0.4, 0.5) is 4.79 Å². The number of urea groups is 1. The Balaban J connectivity index is 1.69. The summed E-state index contributed by atoms with van der Waals surface area (Å²) in [7, 11) is 0. The highest BCUT2D eigenvalue weighted by molar-refractivity contribution is 5.74. The molecule has 1 aromatic heterocycles. The molecule has 0 saturated heterocycles. The number of imidazole rings is 1. The number of fused-ring (bicyclic) bond motifs is 1. The lowest BCUT2D eigenvalue weighted by Gasteiger charge is -2.08. The number of hydrogen-bond donors (Lipinski definition) is 3. The van der Waals surface area contributed by atoms with E-state index in [1.807, 2.05) is 24.3 Å². The van der Waals surface area contributed by atoms with E-state index in [9.17, 15) is 4.79 Å². The number of para-hydroxylation sites is 2. The van der Waals surface area contributed by atoms with E-state index in [1.165, 1.54) is 0 Å².